The SMILES string of the molecule is CCc1nc(CN(C)C(=O)Nc2cc3c(cc2Br)OCCO3)cs1. The molecule has 1 aliphatic heterocycles. The molecule has 128 valence electrons. The number of halogens is 1. The number of aryl methyl sites for hydroxylation is 1. The van der Waals surface area contributed by atoms with Crippen molar-refractivity contribution < 1.29 is 14.3 Å². The van der Waals surface area contributed by atoms with E-state index in [0.29, 0.717) is 36.9 Å². The first-order valence-electron chi connectivity index (χ1n) is 7.61. The zero-order valence-corrected chi connectivity index (χ0v) is 15.9. The van der Waals surface area contributed by atoms with Gasteiger partial charge in [-0.2, -0.15) is 0 Å². The second-order valence-corrected chi connectivity index (χ2v) is 7.15. The molecule has 0 saturated heterocycles. The van der Waals surface area contributed by atoms with Gasteiger partial charge < -0.3 is 19.7 Å². The number of carbonyl (C=O) groups is 1. The molecule has 1 N–H and O–H groups in total. The number of rotatable bonds is 4. The van der Waals surface area contributed by atoms with Crippen LogP contribution in [-0.2, 0) is 13.0 Å². The Hall–Kier alpha value is -1.80. The number of hydrogen-bond donors (Lipinski definition) is 1. The van der Waals surface area contributed by atoms with Crippen molar-refractivity contribution >= 4 is 39.0 Å². The van der Waals surface area contributed by atoms with Gasteiger partial charge in [-0.25, -0.2) is 9.78 Å². The Kier molecular flexibility index (Phi) is 5.25. The van der Waals surface area contributed by atoms with Gasteiger partial charge in [-0.1, -0.05) is 6.92 Å². The molecule has 8 heteroatoms. The maximum Gasteiger partial charge on any atom is 0.321 e. The van der Waals surface area contributed by atoms with E-state index in [1.165, 1.54) is 0 Å². The number of amides is 2. The number of thiazole rings is 1. The number of nitrogens with one attached hydrogen (secondary N) is 1. The van der Waals surface area contributed by atoms with Gasteiger partial charge in [0.05, 0.1) is 22.9 Å². The first-order valence-corrected chi connectivity index (χ1v) is 9.28. The van der Waals surface area contributed by atoms with E-state index >= 15 is 0 Å². The fourth-order valence-electron chi connectivity index (χ4n) is 2.27. The van der Waals surface area contributed by atoms with Crippen molar-refractivity contribution in [3.05, 3.63) is 32.7 Å². The van der Waals surface area contributed by atoms with Gasteiger partial charge in [0, 0.05) is 29.0 Å². The van der Waals surface area contributed by atoms with Gasteiger partial charge in [0.15, 0.2) is 11.5 Å². The maximum absolute atomic E-state index is 12.4. The van der Waals surface area contributed by atoms with Crippen LogP contribution in [0.5, 0.6) is 11.5 Å². The predicted molar refractivity (Wildman–Crippen MR) is 97.1 cm³/mol. The van der Waals surface area contributed by atoms with Gasteiger partial charge in [-0.15, -0.1) is 11.3 Å². The quantitative estimate of drug-likeness (QED) is 0.828. The van der Waals surface area contributed by atoms with Crippen LogP contribution < -0.4 is 14.8 Å². The van der Waals surface area contributed by atoms with Crippen molar-refractivity contribution in [3.63, 3.8) is 0 Å². The molecule has 6 nitrogen and oxygen atoms in total. The lowest BCUT2D eigenvalue weighted by molar-refractivity contribution is 0.171. The summed E-state index contributed by atoms with van der Waals surface area (Å²) < 4.78 is 11.8. The Balaban J connectivity index is 1.67. The van der Waals surface area contributed by atoms with Crippen molar-refractivity contribution in [2.75, 3.05) is 25.6 Å². The van der Waals surface area contributed by atoms with Crippen molar-refractivity contribution in [3.8, 4) is 11.5 Å². The van der Waals surface area contributed by atoms with Crippen LogP contribution >= 0.6 is 27.3 Å². The van der Waals surface area contributed by atoms with Crippen LogP contribution in [-0.4, -0.2) is 36.2 Å². The Morgan fingerprint density at radius 2 is 2.08 bits per heavy atom. The van der Waals surface area contributed by atoms with Crippen LogP contribution in [0, 0.1) is 0 Å². The first-order chi connectivity index (χ1) is 11.6. The molecule has 3 rings (SSSR count). The second kappa shape index (κ2) is 7.40. The molecular formula is C16H18BrN3O3S. The molecule has 1 aliphatic rings. The molecule has 0 spiro atoms. The summed E-state index contributed by atoms with van der Waals surface area (Å²) >= 11 is 5.07. The average molecular weight is 412 g/mol. The summed E-state index contributed by atoms with van der Waals surface area (Å²) in [5.74, 6) is 1.31. The summed E-state index contributed by atoms with van der Waals surface area (Å²) in [6.45, 7) is 3.57. The monoisotopic (exact) mass is 411 g/mol. The van der Waals surface area contributed by atoms with E-state index in [9.17, 15) is 4.79 Å². The predicted octanol–water partition coefficient (Wildman–Crippen LogP) is 3.90. The van der Waals surface area contributed by atoms with E-state index in [1.807, 2.05) is 5.38 Å². The van der Waals surface area contributed by atoms with Gasteiger partial charge in [0.25, 0.3) is 0 Å². The number of aromatic nitrogens is 1. The van der Waals surface area contributed by atoms with Gasteiger partial charge in [-0.05, 0) is 22.4 Å². The van der Waals surface area contributed by atoms with E-state index in [2.05, 4.69) is 33.2 Å². The Labute approximate surface area is 152 Å². The van der Waals surface area contributed by atoms with Crippen molar-refractivity contribution in [2.24, 2.45) is 0 Å². The van der Waals surface area contributed by atoms with Crippen LogP contribution in [0.25, 0.3) is 0 Å². The normalized spacial score (nSPS) is 12.8. The summed E-state index contributed by atoms with van der Waals surface area (Å²) in [5.41, 5.74) is 1.54. The molecule has 0 atom stereocenters. The summed E-state index contributed by atoms with van der Waals surface area (Å²) in [6, 6.07) is 3.36. The number of urea groups is 1. The number of hydrogen-bond acceptors (Lipinski definition) is 5. The summed E-state index contributed by atoms with van der Waals surface area (Å²) in [5, 5.41) is 5.95. The molecule has 0 bridgehead atoms. The molecule has 0 unspecified atom stereocenters. The Morgan fingerprint density at radius 3 is 2.75 bits per heavy atom. The summed E-state index contributed by atoms with van der Waals surface area (Å²) in [4.78, 5) is 18.5. The van der Waals surface area contributed by atoms with Crippen LogP contribution in [0.1, 0.15) is 17.6 Å². The molecule has 2 aromatic rings. The van der Waals surface area contributed by atoms with Crippen molar-refractivity contribution in [2.45, 2.75) is 19.9 Å². The Morgan fingerprint density at radius 1 is 1.38 bits per heavy atom. The first kappa shape index (κ1) is 17.0. The van der Waals surface area contributed by atoms with Gasteiger partial charge in [0.2, 0.25) is 0 Å². The van der Waals surface area contributed by atoms with Crippen molar-refractivity contribution in [1.29, 1.82) is 0 Å². The number of nitrogens with zero attached hydrogens (tertiary/aromatic N) is 2. The lowest BCUT2D eigenvalue weighted by Gasteiger charge is -2.21. The number of ether oxygens (including phenoxy) is 2. The van der Waals surface area contributed by atoms with Gasteiger partial charge in [0.1, 0.15) is 13.2 Å². The fourth-order valence-corrected chi connectivity index (χ4v) is 3.43. The van der Waals surface area contributed by atoms with Crippen LogP contribution in [0.2, 0.25) is 0 Å². The van der Waals surface area contributed by atoms with E-state index in [1.54, 1.807) is 35.4 Å². The van der Waals surface area contributed by atoms with E-state index in [-0.39, 0.29) is 6.03 Å². The highest BCUT2D eigenvalue weighted by Gasteiger charge is 2.18. The molecule has 0 fully saturated rings. The van der Waals surface area contributed by atoms with Crippen LogP contribution in [0.15, 0.2) is 22.0 Å². The lowest BCUT2D eigenvalue weighted by atomic mass is 10.2. The molecule has 24 heavy (non-hydrogen) atoms. The topological polar surface area (TPSA) is 63.7 Å². The average Bonchev–Trinajstić information content (AvgIpc) is 3.03. The van der Waals surface area contributed by atoms with E-state index in [0.717, 1.165) is 21.6 Å². The van der Waals surface area contributed by atoms with E-state index < -0.39 is 0 Å². The minimum Gasteiger partial charge on any atom is -0.486 e. The highest BCUT2D eigenvalue weighted by atomic mass is 79.9. The smallest absolute Gasteiger partial charge is 0.321 e. The van der Waals surface area contributed by atoms with Crippen molar-refractivity contribution in [1.82, 2.24) is 9.88 Å². The standard InChI is InChI=1S/C16H18BrN3O3S/c1-3-15-18-10(9-24-15)8-20(2)16(21)19-12-7-14-13(6-11(12)17)22-4-5-23-14/h6-7,9H,3-5,8H2,1-2H3,(H,19,21). The molecule has 2 amide bonds. The minimum absolute atomic E-state index is 0.210. The molecule has 0 saturated carbocycles. The lowest BCUT2D eigenvalue weighted by Crippen LogP contribution is -2.31. The summed E-state index contributed by atoms with van der Waals surface area (Å²) in [7, 11) is 1.74. The number of fused-ring (bicyclic) bond motifs is 1. The third-order valence-corrected chi connectivity index (χ3v) is 5.22. The number of carbonyl (C=O) groups excluding carboxylic acids is 1. The van der Waals surface area contributed by atoms with Gasteiger partial charge >= 0.3 is 6.03 Å². The fraction of sp³-hybridized carbons (Fsp3) is 0.375. The van der Waals surface area contributed by atoms with Crippen LogP contribution in [0.3, 0.4) is 0 Å². The molecule has 0 aliphatic carbocycles. The maximum atomic E-state index is 12.4. The number of benzene rings is 1. The zero-order valence-electron chi connectivity index (χ0n) is 13.5. The molecule has 1 aromatic heterocycles. The highest BCUT2D eigenvalue weighted by molar-refractivity contribution is 9.10. The zero-order chi connectivity index (χ0) is 17.1. The highest BCUT2D eigenvalue weighted by Crippen LogP contribution is 2.38. The second-order valence-electron chi connectivity index (χ2n) is 5.35. The molecular weight excluding hydrogens is 394 g/mol. The summed E-state index contributed by atoms with van der Waals surface area (Å²) in [6.07, 6.45) is 0.907. The minimum atomic E-state index is -0.210. The third-order valence-electron chi connectivity index (χ3n) is 3.52. The molecule has 0 radical (unpaired) electrons. The van der Waals surface area contributed by atoms with Gasteiger partial charge in [-0.3, -0.25) is 0 Å². The largest absolute Gasteiger partial charge is 0.486 e. The van der Waals surface area contributed by atoms with Crippen LogP contribution in [0.4, 0.5) is 10.5 Å². The third kappa shape index (κ3) is 3.81. The number of anilines is 1. The Bertz CT molecular complexity index is 750. The molecule has 1 aromatic carbocycles. The van der Waals surface area contributed by atoms with E-state index in [4.69, 9.17) is 9.47 Å². The molecule has 2 heterocycles.